The van der Waals surface area contributed by atoms with Crippen LogP contribution in [0.15, 0.2) is 41.4 Å². The number of hydrogen-bond acceptors (Lipinski definition) is 9. The summed E-state index contributed by atoms with van der Waals surface area (Å²) in [4.78, 5) is 31.3. The van der Waals surface area contributed by atoms with Gasteiger partial charge in [-0.3, -0.25) is 9.59 Å². The first-order valence-corrected chi connectivity index (χ1v) is 14.2. The van der Waals surface area contributed by atoms with E-state index in [0.717, 1.165) is 23.1 Å². The van der Waals surface area contributed by atoms with E-state index in [0.29, 0.717) is 4.80 Å². The van der Waals surface area contributed by atoms with Gasteiger partial charge in [0, 0.05) is 24.1 Å². The van der Waals surface area contributed by atoms with Crippen LogP contribution in [0.5, 0.6) is 0 Å². The molecule has 4 rings (SSSR count). The van der Waals surface area contributed by atoms with Gasteiger partial charge >= 0.3 is 6.18 Å². The zero-order valence-corrected chi connectivity index (χ0v) is 24.2. The lowest BCUT2D eigenvalue weighted by molar-refractivity contribution is -0.145. The number of carbonyl (C=O) groups is 2. The van der Waals surface area contributed by atoms with Crippen LogP contribution in [0.3, 0.4) is 0 Å². The number of aryl methyl sites for hydroxylation is 1. The van der Waals surface area contributed by atoms with Crippen LogP contribution in [0, 0.1) is 6.92 Å². The molecule has 18 heteroatoms. The summed E-state index contributed by atoms with van der Waals surface area (Å²) in [6, 6.07) is 6.45. The fraction of sp³-hybridized carbons (Fsp3) is 0.292. The number of sulfone groups is 1. The summed E-state index contributed by atoms with van der Waals surface area (Å²) < 4.78 is 64.8. The molecule has 42 heavy (non-hydrogen) atoms. The number of hydrogen-bond donors (Lipinski definition) is 2. The molecule has 0 aliphatic heterocycles. The molecule has 0 aliphatic rings. The molecule has 2 amide bonds. The Bertz CT molecular complexity index is 1810. The summed E-state index contributed by atoms with van der Waals surface area (Å²) in [6.07, 6.45) is -2.56. The number of pyridine rings is 1. The normalized spacial score (nSPS) is 12.3. The van der Waals surface area contributed by atoms with Gasteiger partial charge < -0.3 is 10.6 Å². The Balaban J connectivity index is 1.85. The number of aromatic nitrogens is 7. The van der Waals surface area contributed by atoms with E-state index in [1.165, 1.54) is 31.3 Å². The van der Waals surface area contributed by atoms with Crippen LogP contribution in [0.4, 0.5) is 18.9 Å². The van der Waals surface area contributed by atoms with Crippen molar-refractivity contribution in [2.45, 2.75) is 44.3 Å². The Kier molecular flexibility index (Phi) is 7.86. The van der Waals surface area contributed by atoms with E-state index in [-0.39, 0.29) is 44.1 Å². The van der Waals surface area contributed by atoms with Crippen LogP contribution < -0.4 is 10.6 Å². The van der Waals surface area contributed by atoms with Crippen molar-refractivity contribution in [2.24, 2.45) is 0 Å². The largest absolute Gasteiger partial charge is 0.455 e. The van der Waals surface area contributed by atoms with Gasteiger partial charge in [0.15, 0.2) is 21.5 Å². The Hall–Kier alpha value is -4.38. The summed E-state index contributed by atoms with van der Waals surface area (Å²) in [5.41, 5.74) is -0.927. The number of nitrogens with zero attached hydrogens (tertiary/aromatic N) is 7. The summed E-state index contributed by atoms with van der Waals surface area (Å²) in [7, 11) is -3.74. The topological polar surface area (TPSA) is 167 Å². The summed E-state index contributed by atoms with van der Waals surface area (Å²) in [5, 5.41) is 19.1. The second-order valence-electron chi connectivity index (χ2n) is 10.1. The highest BCUT2D eigenvalue weighted by Gasteiger charge is 2.37. The number of carbonyl (C=O) groups excluding carboxylic acids is 2. The molecule has 0 bridgehead atoms. The standard InChI is InChI=1S/C24H23ClF3N9O4S/c1-12-9-13(42(5,40)41)10-14(20(38)31-23(2,3)4)18(12)30-21(39)16-11-17(37-34-22(32-35-37)24(26,27)28)33-36(16)19-15(25)7-6-8-29-19/h6-11H,1-5H3,(H,30,39)(H,31,38). The maximum atomic E-state index is 13.7. The first-order chi connectivity index (χ1) is 19.3. The van der Waals surface area contributed by atoms with Crippen LogP contribution in [0.25, 0.3) is 11.6 Å². The van der Waals surface area contributed by atoms with Crippen LogP contribution in [-0.4, -0.2) is 67.0 Å². The molecule has 1 aromatic carbocycles. The zero-order valence-electron chi connectivity index (χ0n) is 22.6. The third-order valence-corrected chi connectivity index (χ3v) is 6.84. The number of halogens is 4. The monoisotopic (exact) mass is 625 g/mol. The lowest BCUT2D eigenvalue weighted by Gasteiger charge is -2.22. The van der Waals surface area contributed by atoms with Crippen molar-refractivity contribution < 1.29 is 31.2 Å². The second kappa shape index (κ2) is 10.8. The molecular formula is C24H23ClF3N9O4S. The van der Waals surface area contributed by atoms with Crippen molar-refractivity contribution in [3.8, 4) is 11.6 Å². The van der Waals surface area contributed by atoms with E-state index in [2.05, 4.69) is 36.1 Å². The van der Waals surface area contributed by atoms with Crippen molar-refractivity contribution in [3.05, 3.63) is 64.2 Å². The fourth-order valence-corrected chi connectivity index (χ4v) is 4.57. The van der Waals surface area contributed by atoms with Crippen LogP contribution in [0.1, 0.15) is 53.0 Å². The summed E-state index contributed by atoms with van der Waals surface area (Å²) >= 11 is 6.26. The lowest BCUT2D eigenvalue weighted by atomic mass is 10.0. The van der Waals surface area contributed by atoms with E-state index >= 15 is 0 Å². The number of anilines is 1. The average Bonchev–Trinajstić information content (AvgIpc) is 3.51. The predicted molar refractivity (Wildman–Crippen MR) is 144 cm³/mol. The Labute approximate surface area is 242 Å². The molecule has 0 atom stereocenters. The zero-order chi connectivity index (χ0) is 31.2. The van der Waals surface area contributed by atoms with Crippen molar-refractivity contribution in [3.63, 3.8) is 0 Å². The molecule has 3 heterocycles. The van der Waals surface area contributed by atoms with Gasteiger partial charge in [-0.2, -0.15) is 13.2 Å². The molecule has 0 saturated carbocycles. The number of tetrazole rings is 1. The molecular weight excluding hydrogens is 603 g/mol. The number of rotatable bonds is 6. The maximum absolute atomic E-state index is 13.7. The third kappa shape index (κ3) is 6.57. The molecule has 13 nitrogen and oxygen atoms in total. The molecule has 0 fully saturated rings. The highest BCUT2D eigenvalue weighted by atomic mass is 35.5. The third-order valence-electron chi connectivity index (χ3n) is 5.45. The molecule has 4 aromatic rings. The van der Waals surface area contributed by atoms with Gasteiger partial charge in [-0.1, -0.05) is 11.6 Å². The van der Waals surface area contributed by atoms with Gasteiger partial charge in [0.05, 0.1) is 21.2 Å². The minimum absolute atomic E-state index is 0.0196. The molecule has 0 spiro atoms. The predicted octanol–water partition coefficient (Wildman–Crippen LogP) is 3.41. The van der Waals surface area contributed by atoms with E-state index in [1.54, 1.807) is 20.8 Å². The second-order valence-corrected chi connectivity index (χ2v) is 12.5. The first-order valence-electron chi connectivity index (χ1n) is 11.9. The highest BCUT2D eigenvalue weighted by molar-refractivity contribution is 7.90. The minimum atomic E-state index is -4.88. The minimum Gasteiger partial charge on any atom is -0.347 e. The van der Waals surface area contributed by atoms with Gasteiger partial charge in [-0.15, -0.1) is 20.1 Å². The molecule has 2 N–H and O–H groups in total. The lowest BCUT2D eigenvalue weighted by Crippen LogP contribution is -2.41. The smallest absolute Gasteiger partial charge is 0.347 e. The molecule has 0 saturated heterocycles. The number of alkyl halides is 3. The number of nitrogens with one attached hydrogen (secondary N) is 2. The van der Waals surface area contributed by atoms with Gasteiger partial charge in [0.1, 0.15) is 5.69 Å². The summed E-state index contributed by atoms with van der Waals surface area (Å²) in [6.45, 7) is 6.65. The van der Waals surface area contributed by atoms with Gasteiger partial charge in [-0.05, 0) is 62.7 Å². The molecule has 222 valence electrons. The van der Waals surface area contributed by atoms with Crippen molar-refractivity contribution in [1.82, 2.24) is 40.3 Å². The molecule has 0 unspecified atom stereocenters. The van der Waals surface area contributed by atoms with E-state index < -0.39 is 39.2 Å². The quantitative estimate of drug-likeness (QED) is 0.326. The van der Waals surface area contributed by atoms with E-state index in [1.807, 2.05) is 0 Å². The average molecular weight is 626 g/mol. The van der Waals surface area contributed by atoms with Crippen molar-refractivity contribution >= 4 is 38.9 Å². The van der Waals surface area contributed by atoms with E-state index in [4.69, 9.17) is 11.6 Å². The Morgan fingerprint density at radius 2 is 1.74 bits per heavy atom. The maximum Gasteiger partial charge on any atom is 0.455 e. The van der Waals surface area contributed by atoms with Crippen LogP contribution >= 0.6 is 11.6 Å². The molecule has 3 aromatic heterocycles. The van der Waals surface area contributed by atoms with Crippen LogP contribution in [0.2, 0.25) is 5.02 Å². The van der Waals surface area contributed by atoms with Gasteiger partial charge in [0.25, 0.3) is 17.6 Å². The highest BCUT2D eigenvalue weighted by Crippen LogP contribution is 2.29. The number of benzene rings is 1. The Morgan fingerprint density at radius 3 is 2.31 bits per heavy atom. The summed E-state index contributed by atoms with van der Waals surface area (Å²) in [5.74, 6) is -3.48. The molecule has 0 radical (unpaired) electrons. The van der Waals surface area contributed by atoms with Gasteiger partial charge in [-0.25, -0.2) is 18.1 Å². The van der Waals surface area contributed by atoms with Crippen LogP contribution in [-0.2, 0) is 16.0 Å². The number of amides is 2. The Morgan fingerprint density at radius 1 is 1.05 bits per heavy atom. The SMILES string of the molecule is Cc1cc(S(C)(=O)=O)cc(C(=O)NC(C)(C)C)c1NC(=O)c1cc(-n2nnc(C(F)(F)F)n2)nn1-c1ncccc1Cl. The molecule has 0 aliphatic carbocycles. The fourth-order valence-electron chi connectivity index (χ4n) is 3.65. The van der Waals surface area contributed by atoms with E-state index in [9.17, 15) is 31.2 Å². The first kappa shape index (κ1) is 30.6. The van der Waals surface area contributed by atoms with Crippen molar-refractivity contribution in [2.75, 3.05) is 11.6 Å². The van der Waals surface area contributed by atoms with Crippen molar-refractivity contribution in [1.29, 1.82) is 0 Å². The van der Waals surface area contributed by atoms with Gasteiger partial charge in [0.2, 0.25) is 0 Å².